The highest BCUT2D eigenvalue weighted by Gasteiger charge is 2.16. The van der Waals surface area contributed by atoms with E-state index in [4.69, 9.17) is 5.11 Å². The minimum Gasteiger partial charge on any atom is -0.394 e. The highest BCUT2D eigenvalue weighted by atomic mass is 32.1. The van der Waals surface area contributed by atoms with Crippen molar-refractivity contribution in [2.75, 3.05) is 6.61 Å². The first-order chi connectivity index (χ1) is 9.72. The Morgan fingerprint density at radius 1 is 1.30 bits per heavy atom. The first-order valence-electron chi connectivity index (χ1n) is 6.55. The first kappa shape index (κ1) is 13.5. The average molecular weight is 305 g/mol. The van der Waals surface area contributed by atoms with Crippen molar-refractivity contribution in [3.05, 3.63) is 35.2 Å². The maximum Gasteiger partial charge on any atom is 0.261 e. The van der Waals surface area contributed by atoms with Crippen LogP contribution in [0.4, 0.5) is 0 Å². The molecule has 3 nitrogen and oxygen atoms in total. The Kier molecular flexibility index (Phi) is 3.74. The summed E-state index contributed by atoms with van der Waals surface area (Å²) < 4.78 is 3.58. The molecule has 0 saturated heterocycles. The number of thiophene rings is 2. The van der Waals surface area contributed by atoms with E-state index < -0.39 is 0 Å². The van der Waals surface area contributed by atoms with Crippen molar-refractivity contribution in [1.82, 2.24) is 5.32 Å². The van der Waals surface area contributed by atoms with E-state index >= 15 is 0 Å². The van der Waals surface area contributed by atoms with Gasteiger partial charge in [-0.1, -0.05) is 25.1 Å². The summed E-state index contributed by atoms with van der Waals surface area (Å²) in [5.74, 6) is -0.0941. The molecule has 3 rings (SSSR count). The highest BCUT2D eigenvalue weighted by molar-refractivity contribution is 7.33. The molecule has 0 aliphatic heterocycles. The molecule has 1 atom stereocenters. The van der Waals surface area contributed by atoms with Gasteiger partial charge in [0.2, 0.25) is 0 Å². The van der Waals surface area contributed by atoms with Crippen LogP contribution in [0.1, 0.15) is 23.0 Å². The van der Waals surface area contributed by atoms with E-state index in [-0.39, 0.29) is 18.6 Å². The van der Waals surface area contributed by atoms with Gasteiger partial charge in [0.15, 0.2) is 0 Å². The molecular formula is C15H15NO2S2. The van der Waals surface area contributed by atoms with Crippen LogP contribution in [0.3, 0.4) is 0 Å². The fourth-order valence-corrected chi connectivity index (χ4v) is 4.57. The maximum absolute atomic E-state index is 12.2. The standard InChI is InChI=1S/C15H15NO2S2/c1-2-9(8-17)16-15(18)13-7-12-14(20-13)10-5-3-4-6-11(10)19-12/h3-7,9,17H,2,8H2,1H3,(H,16,18). The molecule has 0 aliphatic rings. The molecule has 104 valence electrons. The summed E-state index contributed by atoms with van der Waals surface area (Å²) in [5, 5.41) is 13.2. The maximum atomic E-state index is 12.2. The molecule has 2 heterocycles. The van der Waals surface area contributed by atoms with Gasteiger partial charge in [-0.15, -0.1) is 22.7 Å². The number of nitrogens with one attached hydrogen (secondary N) is 1. The van der Waals surface area contributed by atoms with Crippen LogP contribution in [-0.2, 0) is 0 Å². The molecule has 1 amide bonds. The number of fused-ring (bicyclic) bond motifs is 3. The summed E-state index contributed by atoms with van der Waals surface area (Å²) in [4.78, 5) is 12.9. The second kappa shape index (κ2) is 5.52. The number of aliphatic hydroxyl groups is 1. The van der Waals surface area contributed by atoms with E-state index in [9.17, 15) is 4.79 Å². The number of carbonyl (C=O) groups is 1. The van der Waals surface area contributed by atoms with Crippen molar-refractivity contribution in [2.24, 2.45) is 0 Å². The largest absolute Gasteiger partial charge is 0.394 e. The Morgan fingerprint density at radius 2 is 2.10 bits per heavy atom. The van der Waals surface area contributed by atoms with Gasteiger partial charge in [-0.05, 0) is 18.6 Å². The van der Waals surface area contributed by atoms with E-state index in [1.807, 2.05) is 25.1 Å². The van der Waals surface area contributed by atoms with Gasteiger partial charge in [-0.3, -0.25) is 4.79 Å². The fraction of sp³-hybridized carbons (Fsp3) is 0.267. The number of hydrogen-bond acceptors (Lipinski definition) is 4. The molecule has 0 spiro atoms. The topological polar surface area (TPSA) is 49.3 Å². The van der Waals surface area contributed by atoms with E-state index in [0.29, 0.717) is 4.88 Å². The van der Waals surface area contributed by atoms with Gasteiger partial charge < -0.3 is 10.4 Å². The van der Waals surface area contributed by atoms with Crippen LogP contribution in [0.15, 0.2) is 30.3 Å². The number of amides is 1. The number of hydrogen-bond donors (Lipinski definition) is 2. The number of benzene rings is 1. The third kappa shape index (κ3) is 2.32. The summed E-state index contributed by atoms with van der Waals surface area (Å²) in [6.07, 6.45) is 0.727. The number of aliphatic hydroxyl groups excluding tert-OH is 1. The lowest BCUT2D eigenvalue weighted by Gasteiger charge is -2.12. The lowest BCUT2D eigenvalue weighted by Crippen LogP contribution is -2.36. The van der Waals surface area contributed by atoms with Crippen LogP contribution in [0.25, 0.3) is 19.5 Å². The van der Waals surface area contributed by atoms with Crippen LogP contribution in [0.2, 0.25) is 0 Å². The average Bonchev–Trinajstić information content (AvgIpc) is 3.02. The summed E-state index contributed by atoms with van der Waals surface area (Å²) >= 11 is 3.23. The molecule has 2 N–H and O–H groups in total. The Hall–Kier alpha value is -1.43. The predicted octanol–water partition coefficient (Wildman–Crippen LogP) is 3.62. The van der Waals surface area contributed by atoms with Crippen LogP contribution >= 0.6 is 22.7 Å². The molecule has 0 radical (unpaired) electrons. The first-order valence-corrected chi connectivity index (χ1v) is 8.19. The summed E-state index contributed by atoms with van der Waals surface area (Å²) in [5.41, 5.74) is 0. The smallest absolute Gasteiger partial charge is 0.261 e. The van der Waals surface area contributed by atoms with Gasteiger partial charge in [0.1, 0.15) is 0 Å². The highest BCUT2D eigenvalue weighted by Crippen LogP contribution is 2.39. The third-order valence-electron chi connectivity index (χ3n) is 3.32. The Morgan fingerprint density at radius 3 is 2.85 bits per heavy atom. The third-order valence-corrected chi connectivity index (χ3v) is 5.74. The summed E-state index contributed by atoms with van der Waals surface area (Å²) in [7, 11) is 0. The number of carbonyl (C=O) groups excluding carboxylic acids is 1. The Balaban J connectivity index is 1.95. The lowest BCUT2D eigenvalue weighted by molar-refractivity contribution is 0.0919. The van der Waals surface area contributed by atoms with Crippen molar-refractivity contribution >= 4 is 48.1 Å². The van der Waals surface area contributed by atoms with E-state index in [1.54, 1.807) is 11.3 Å². The molecule has 1 unspecified atom stereocenters. The molecule has 5 heteroatoms. The molecule has 0 saturated carbocycles. The van der Waals surface area contributed by atoms with Crippen LogP contribution in [-0.4, -0.2) is 23.7 Å². The zero-order valence-corrected chi connectivity index (χ0v) is 12.7. The van der Waals surface area contributed by atoms with Crippen molar-refractivity contribution in [3.8, 4) is 0 Å². The van der Waals surface area contributed by atoms with Gasteiger partial charge in [0.25, 0.3) is 5.91 Å². The zero-order chi connectivity index (χ0) is 14.1. The van der Waals surface area contributed by atoms with Gasteiger partial charge in [0.05, 0.1) is 22.2 Å². The summed E-state index contributed by atoms with van der Waals surface area (Å²) in [6, 6.07) is 10.0. The van der Waals surface area contributed by atoms with Gasteiger partial charge >= 0.3 is 0 Å². The normalized spacial score (nSPS) is 12.9. The Labute approximate surface area is 124 Å². The molecule has 0 bridgehead atoms. The predicted molar refractivity (Wildman–Crippen MR) is 85.8 cm³/mol. The zero-order valence-electron chi connectivity index (χ0n) is 11.1. The summed E-state index contributed by atoms with van der Waals surface area (Å²) in [6.45, 7) is 1.92. The van der Waals surface area contributed by atoms with Crippen LogP contribution in [0.5, 0.6) is 0 Å². The SMILES string of the molecule is CCC(CO)NC(=O)c1cc2sc3ccccc3c2s1. The minimum atomic E-state index is -0.167. The van der Waals surface area contributed by atoms with Crippen molar-refractivity contribution in [3.63, 3.8) is 0 Å². The quantitative estimate of drug-likeness (QED) is 0.773. The van der Waals surface area contributed by atoms with E-state index in [2.05, 4.69) is 17.4 Å². The van der Waals surface area contributed by atoms with E-state index in [0.717, 1.165) is 11.1 Å². The Bertz CT molecular complexity index is 756. The molecule has 2 aromatic heterocycles. The van der Waals surface area contributed by atoms with Crippen LogP contribution in [0, 0.1) is 0 Å². The van der Waals surface area contributed by atoms with Crippen molar-refractivity contribution in [1.29, 1.82) is 0 Å². The molecule has 0 fully saturated rings. The lowest BCUT2D eigenvalue weighted by atomic mass is 10.2. The van der Waals surface area contributed by atoms with Gasteiger partial charge in [0, 0.05) is 14.8 Å². The van der Waals surface area contributed by atoms with Gasteiger partial charge in [-0.2, -0.15) is 0 Å². The van der Waals surface area contributed by atoms with Crippen molar-refractivity contribution in [2.45, 2.75) is 19.4 Å². The fourth-order valence-electron chi connectivity index (χ4n) is 2.14. The van der Waals surface area contributed by atoms with Crippen LogP contribution < -0.4 is 5.32 Å². The molecule has 3 aromatic rings. The van der Waals surface area contributed by atoms with E-state index in [1.165, 1.54) is 26.1 Å². The molecule has 20 heavy (non-hydrogen) atoms. The van der Waals surface area contributed by atoms with Crippen molar-refractivity contribution < 1.29 is 9.90 Å². The molecule has 0 aliphatic carbocycles. The molecule has 1 aromatic carbocycles. The number of rotatable bonds is 4. The second-order valence-electron chi connectivity index (χ2n) is 4.66. The minimum absolute atomic E-state index is 0.0229. The second-order valence-corrected chi connectivity index (χ2v) is 6.80. The molecular weight excluding hydrogens is 290 g/mol. The monoisotopic (exact) mass is 305 g/mol. The van der Waals surface area contributed by atoms with Gasteiger partial charge in [-0.25, -0.2) is 0 Å².